The number of benzene rings is 3. The third-order valence-electron chi connectivity index (χ3n) is 5.50. The van der Waals surface area contributed by atoms with E-state index in [1.807, 2.05) is 42.6 Å². The van der Waals surface area contributed by atoms with Crippen LogP contribution in [0.4, 0.5) is 5.95 Å². The van der Waals surface area contributed by atoms with Gasteiger partial charge in [-0.25, -0.2) is 4.98 Å². The van der Waals surface area contributed by atoms with Crippen molar-refractivity contribution >= 4 is 41.0 Å². The fourth-order valence-electron chi connectivity index (χ4n) is 3.70. The van der Waals surface area contributed by atoms with Gasteiger partial charge in [-0.1, -0.05) is 59.6 Å². The molecule has 0 saturated carbocycles. The molecule has 1 N–H and O–H groups in total. The van der Waals surface area contributed by atoms with E-state index in [1.54, 1.807) is 54.2 Å². The second-order valence-electron chi connectivity index (χ2n) is 8.03. The van der Waals surface area contributed by atoms with Gasteiger partial charge in [-0.15, -0.1) is 6.58 Å². The van der Waals surface area contributed by atoms with Crippen molar-refractivity contribution in [2.24, 2.45) is 0 Å². The van der Waals surface area contributed by atoms with Crippen LogP contribution in [0.1, 0.15) is 10.4 Å². The minimum absolute atomic E-state index is 0.165. The van der Waals surface area contributed by atoms with E-state index in [-0.39, 0.29) is 24.9 Å². The highest BCUT2D eigenvalue weighted by Crippen LogP contribution is 2.27. The van der Waals surface area contributed by atoms with Crippen LogP contribution in [0.5, 0.6) is 5.75 Å². The summed E-state index contributed by atoms with van der Waals surface area (Å²) in [4.78, 5) is 32.3. The third kappa shape index (κ3) is 6.20. The monoisotopic (exact) mass is 534 g/mol. The normalized spacial score (nSPS) is 10.6. The lowest BCUT2D eigenvalue weighted by Crippen LogP contribution is -2.38. The molecule has 0 fully saturated rings. The van der Waals surface area contributed by atoms with Crippen LogP contribution in [0, 0.1) is 0 Å². The molecule has 0 aliphatic heterocycles. The molecule has 4 aromatic rings. The fourth-order valence-corrected chi connectivity index (χ4v) is 4.05. The first-order valence-electron chi connectivity index (χ1n) is 11.3. The standard InChI is InChI=1S/C28H24Cl2N4O3/c1-3-15-33(27(36)23-9-4-5-10-24(23)30)18-26(35)32-28-31-25(19-11-13-20(29)14-12-19)17-34(28)21-7-6-8-22(16-21)37-2/h3-14,16-17H,1,15,18H2,2H3,(H,31,32,35). The highest BCUT2D eigenvalue weighted by Gasteiger charge is 2.21. The van der Waals surface area contributed by atoms with Gasteiger partial charge in [-0.05, 0) is 36.4 Å². The Balaban J connectivity index is 1.64. The molecule has 7 nitrogen and oxygen atoms in total. The lowest BCUT2D eigenvalue weighted by atomic mass is 10.2. The van der Waals surface area contributed by atoms with Gasteiger partial charge < -0.3 is 9.64 Å². The Bertz CT molecular complexity index is 1430. The van der Waals surface area contributed by atoms with Crippen LogP contribution in [0.25, 0.3) is 16.9 Å². The average Bonchev–Trinajstić information content (AvgIpc) is 3.32. The molecule has 0 atom stereocenters. The summed E-state index contributed by atoms with van der Waals surface area (Å²) >= 11 is 12.3. The van der Waals surface area contributed by atoms with Crippen LogP contribution < -0.4 is 10.1 Å². The predicted molar refractivity (Wildman–Crippen MR) is 147 cm³/mol. The maximum Gasteiger partial charge on any atom is 0.256 e. The zero-order chi connectivity index (χ0) is 26.4. The quantitative estimate of drug-likeness (QED) is 0.262. The molecular weight excluding hydrogens is 511 g/mol. The molecule has 3 aromatic carbocycles. The summed E-state index contributed by atoms with van der Waals surface area (Å²) in [6.45, 7) is 3.65. The fraction of sp³-hybridized carbons (Fsp3) is 0.107. The van der Waals surface area contributed by atoms with Crippen molar-refractivity contribution < 1.29 is 14.3 Å². The van der Waals surface area contributed by atoms with Crippen molar-refractivity contribution in [1.82, 2.24) is 14.5 Å². The van der Waals surface area contributed by atoms with Crippen molar-refractivity contribution in [2.45, 2.75) is 0 Å². The number of nitrogens with zero attached hydrogens (tertiary/aromatic N) is 3. The van der Waals surface area contributed by atoms with Gasteiger partial charge in [0.25, 0.3) is 5.91 Å². The second-order valence-corrected chi connectivity index (χ2v) is 8.87. The second kappa shape index (κ2) is 11.8. The molecule has 0 bridgehead atoms. The Kier molecular flexibility index (Phi) is 8.28. The highest BCUT2D eigenvalue weighted by atomic mass is 35.5. The Morgan fingerprint density at radius 2 is 1.84 bits per heavy atom. The van der Waals surface area contributed by atoms with Crippen LogP contribution in [0.3, 0.4) is 0 Å². The van der Waals surface area contributed by atoms with Gasteiger partial charge in [0.15, 0.2) is 0 Å². The molecule has 0 aliphatic carbocycles. The van der Waals surface area contributed by atoms with E-state index in [4.69, 9.17) is 27.9 Å². The Labute approximate surface area is 224 Å². The van der Waals surface area contributed by atoms with Gasteiger partial charge in [0.1, 0.15) is 12.3 Å². The van der Waals surface area contributed by atoms with Gasteiger partial charge in [0.2, 0.25) is 11.9 Å². The van der Waals surface area contributed by atoms with Crippen LogP contribution in [-0.4, -0.2) is 46.5 Å². The number of anilines is 1. The van der Waals surface area contributed by atoms with E-state index < -0.39 is 5.91 Å². The summed E-state index contributed by atoms with van der Waals surface area (Å²) in [5.41, 5.74) is 2.49. The van der Waals surface area contributed by atoms with E-state index >= 15 is 0 Å². The van der Waals surface area contributed by atoms with Gasteiger partial charge in [-0.2, -0.15) is 0 Å². The molecule has 0 spiro atoms. The average molecular weight is 535 g/mol. The van der Waals surface area contributed by atoms with E-state index in [1.165, 1.54) is 4.90 Å². The predicted octanol–water partition coefficient (Wildman–Crippen LogP) is 6.12. The molecule has 1 heterocycles. The molecular formula is C28H24Cl2N4O3. The number of carbonyl (C=O) groups excluding carboxylic acids is 2. The number of carbonyl (C=O) groups is 2. The summed E-state index contributed by atoms with van der Waals surface area (Å²) in [7, 11) is 1.58. The van der Waals surface area contributed by atoms with Crippen molar-refractivity contribution in [3.8, 4) is 22.7 Å². The van der Waals surface area contributed by atoms with Crippen LogP contribution >= 0.6 is 23.2 Å². The molecule has 188 valence electrons. The molecule has 2 amide bonds. The van der Waals surface area contributed by atoms with E-state index in [0.717, 1.165) is 11.3 Å². The molecule has 4 rings (SSSR count). The third-order valence-corrected chi connectivity index (χ3v) is 6.09. The Morgan fingerprint density at radius 1 is 1.08 bits per heavy atom. The van der Waals surface area contributed by atoms with Crippen LogP contribution in [0.2, 0.25) is 10.0 Å². The van der Waals surface area contributed by atoms with Gasteiger partial charge in [-0.3, -0.25) is 19.5 Å². The minimum atomic E-state index is -0.431. The Hall–Kier alpha value is -4.07. The number of amides is 2. The number of ether oxygens (including phenoxy) is 1. The number of nitrogens with one attached hydrogen (secondary N) is 1. The number of aromatic nitrogens is 2. The lowest BCUT2D eigenvalue weighted by molar-refractivity contribution is -0.116. The molecule has 9 heteroatoms. The van der Waals surface area contributed by atoms with Crippen molar-refractivity contribution in [3.63, 3.8) is 0 Å². The zero-order valence-corrected chi connectivity index (χ0v) is 21.5. The summed E-state index contributed by atoms with van der Waals surface area (Å²) in [5, 5.41) is 3.76. The number of hydrogen-bond acceptors (Lipinski definition) is 4. The number of halogens is 2. The van der Waals surface area contributed by atoms with Gasteiger partial charge >= 0.3 is 0 Å². The molecule has 1 aromatic heterocycles. The van der Waals surface area contributed by atoms with E-state index in [2.05, 4.69) is 16.9 Å². The summed E-state index contributed by atoms with van der Waals surface area (Å²) in [6.07, 6.45) is 3.36. The van der Waals surface area contributed by atoms with Crippen molar-refractivity contribution in [2.75, 3.05) is 25.5 Å². The highest BCUT2D eigenvalue weighted by molar-refractivity contribution is 6.33. The maximum absolute atomic E-state index is 13.1. The minimum Gasteiger partial charge on any atom is -0.497 e. The van der Waals surface area contributed by atoms with Gasteiger partial charge in [0, 0.05) is 29.4 Å². The number of methoxy groups -OCH3 is 1. The molecule has 0 radical (unpaired) electrons. The molecule has 37 heavy (non-hydrogen) atoms. The SMILES string of the molecule is C=CCN(CC(=O)Nc1nc(-c2ccc(Cl)cc2)cn1-c1cccc(OC)c1)C(=O)c1ccccc1Cl. The lowest BCUT2D eigenvalue weighted by Gasteiger charge is -2.21. The first-order valence-corrected chi connectivity index (χ1v) is 12.1. The maximum atomic E-state index is 13.1. The molecule has 0 unspecified atom stereocenters. The van der Waals surface area contributed by atoms with E-state index in [0.29, 0.717) is 27.1 Å². The van der Waals surface area contributed by atoms with Crippen molar-refractivity contribution in [3.05, 3.63) is 107 Å². The van der Waals surface area contributed by atoms with Crippen LogP contribution in [0.15, 0.2) is 91.6 Å². The zero-order valence-electron chi connectivity index (χ0n) is 20.0. The smallest absolute Gasteiger partial charge is 0.256 e. The van der Waals surface area contributed by atoms with Crippen LogP contribution in [-0.2, 0) is 4.79 Å². The summed E-state index contributed by atoms with van der Waals surface area (Å²) in [6, 6.07) is 21.3. The molecule has 0 saturated heterocycles. The first kappa shape index (κ1) is 26.0. The first-order chi connectivity index (χ1) is 17.9. The summed E-state index contributed by atoms with van der Waals surface area (Å²) in [5.74, 6) is 0.129. The largest absolute Gasteiger partial charge is 0.497 e. The number of hydrogen-bond donors (Lipinski definition) is 1. The topological polar surface area (TPSA) is 76.5 Å². The van der Waals surface area contributed by atoms with Gasteiger partial charge in [0.05, 0.1) is 29.1 Å². The molecule has 0 aliphatic rings. The number of rotatable bonds is 9. The number of imidazole rings is 1. The van der Waals surface area contributed by atoms with E-state index in [9.17, 15) is 9.59 Å². The summed E-state index contributed by atoms with van der Waals surface area (Å²) < 4.78 is 7.11. The Morgan fingerprint density at radius 3 is 2.54 bits per heavy atom. The van der Waals surface area contributed by atoms with Crippen molar-refractivity contribution in [1.29, 1.82) is 0 Å².